The lowest BCUT2D eigenvalue weighted by atomic mass is 9.80. The van der Waals surface area contributed by atoms with Gasteiger partial charge in [-0.1, -0.05) is 64.8 Å². The molecule has 0 spiro atoms. The van der Waals surface area contributed by atoms with Crippen molar-refractivity contribution in [3.63, 3.8) is 0 Å². The number of rotatable bonds is 11. The quantitative estimate of drug-likeness (QED) is 0.269. The predicted molar refractivity (Wildman–Crippen MR) is 140 cm³/mol. The van der Waals surface area contributed by atoms with Crippen LogP contribution in [0.1, 0.15) is 88.7 Å². The van der Waals surface area contributed by atoms with Gasteiger partial charge in [-0.05, 0) is 86.2 Å². The lowest BCUT2D eigenvalue weighted by Gasteiger charge is -2.26. The molecule has 0 aliphatic carbocycles. The summed E-state index contributed by atoms with van der Waals surface area (Å²) >= 11 is 0. The first-order valence-electron chi connectivity index (χ1n) is 12.4. The summed E-state index contributed by atoms with van der Waals surface area (Å²) in [6, 6.07) is 23.0. The number of hydrogen-bond donors (Lipinski definition) is 0. The van der Waals surface area contributed by atoms with Crippen LogP contribution in [0.5, 0.6) is 17.2 Å². The number of benzene rings is 3. The van der Waals surface area contributed by atoms with Crippen molar-refractivity contribution in [3.8, 4) is 17.2 Å². The van der Waals surface area contributed by atoms with Crippen molar-refractivity contribution in [1.82, 2.24) is 0 Å². The second kappa shape index (κ2) is 10.9. The largest absolute Gasteiger partial charge is 0.488 e. The Morgan fingerprint density at radius 2 is 1.09 bits per heavy atom. The SMILES string of the molecule is CCCC(C)(C)Oc1ccc(Oc2ccc(C(=O)c3ccc(C(C)(C)CCC)cc3)cc2)cc1. The van der Waals surface area contributed by atoms with Gasteiger partial charge in [-0.3, -0.25) is 4.79 Å². The van der Waals surface area contributed by atoms with Gasteiger partial charge >= 0.3 is 0 Å². The van der Waals surface area contributed by atoms with Crippen LogP contribution in [0.25, 0.3) is 0 Å². The van der Waals surface area contributed by atoms with Crippen LogP contribution in [-0.4, -0.2) is 11.4 Å². The van der Waals surface area contributed by atoms with E-state index in [1.54, 1.807) is 0 Å². The minimum atomic E-state index is -0.189. The maximum atomic E-state index is 12.9. The first-order valence-corrected chi connectivity index (χ1v) is 12.4. The Morgan fingerprint density at radius 1 is 0.647 bits per heavy atom. The van der Waals surface area contributed by atoms with E-state index < -0.39 is 0 Å². The second-order valence-electron chi connectivity index (χ2n) is 10.2. The van der Waals surface area contributed by atoms with Crippen molar-refractivity contribution < 1.29 is 14.3 Å². The summed E-state index contributed by atoms with van der Waals surface area (Å²) in [5.74, 6) is 2.26. The van der Waals surface area contributed by atoms with E-state index in [1.165, 1.54) is 5.56 Å². The number of ether oxygens (including phenoxy) is 2. The van der Waals surface area contributed by atoms with Gasteiger partial charge in [0.25, 0.3) is 0 Å². The topological polar surface area (TPSA) is 35.5 Å². The lowest BCUT2D eigenvalue weighted by molar-refractivity contribution is 0.0984. The van der Waals surface area contributed by atoms with Crippen LogP contribution in [0.4, 0.5) is 0 Å². The molecule has 0 N–H and O–H groups in total. The van der Waals surface area contributed by atoms with Crippen molar-refractivity contribution in [2.75, 3.05) is 0 Å². The van der Waals surface area contributed by atoms with Gasteiger partial charge in [-0.2, -0.15) is 0 Å². The highest BCUT2D eigenvalue weighted by atomic mass is 16.5. The van der Waals surface area contributed by atoms with Crippen LogP contribution in [0.3, 0.4) is 0 Å². The molecule has 0 aromatic heterocycles. The monoisotopic (exact) mass is 458 g/mol. The van der Waals surface area contributed by atoms with E-state index in [4.69, 9.17) is 9.47 Å². The Morgan fingerprint density at radius 3 is 1.59 bits per heavy atom. The molecule has 0 heterocycles. The van der Waals surface area contributed by atoms with Gasteiger partial charge in [0.2, 0.25) is 0 Å². The lowest BCUT2D eigenvalue weighted by Crippen LogP contribution is -2.27. The first kappa shape index (κ1) is 25.6. The zero-order chi connectivity index (χ0) is 24.8. The minimum Gasteiger partial charge on any atom is -0.488 e. The maximum Gasteiger partial charge on any atom is 0.193 e. The Hall–Kier alpha value is -3.07. The van der Waals surface area contributed by atoms with Gasteiger partial charge in [0.05, 0.1) is 0 Å². The van der Waals surface area contributed by atoms with Crippen LogP contribution in [0.2, 0.25) is 0 Å². The van der Waals surface area contributed by atoms with Crippen LogP contribution in [-0.2, 0) is 5.41 Å². The maximum absolute atomic E-state index is 12.9. The molecular formula is C31H38O3. The third-order valence-corrected chi connectivity index (χ3v) is 6.23. The molecular weight excluding hydrogens is 420 g/mol. The standard InChI is InChI=1S/C31H38O3/c1-7-21-30(3,4)25-13-9-23(10-14-25)29(32)24-11-15-26(16-12-24)33-27-17-19-28(20-18-27)34-31(5,6)22-8-2/h9-20H,7-8,21-22H2,1-6H3. The highest BCUT2D eigenvalue weighted by molar-refractivity contribution is 6.09. The molecule has 0 saturated heterocycles. The third-order valence-electron chi connectivity index (χ3n) is 6.23. The molecule has 3 aromatic rings. The molecule has 0 bridgehead atoms. The Labute approximate surface area is 205 Å². The zero-order valence-electron chi connectivity index (χ0n) is 21.5. The second-order valence-corrected chi connectivity index (χ2v) is 10.2. The molecule has 0 radical (unpaired) electrons. The van der Waals surface area contributed by atoms with Crippen molar-refractivity contribution >= 4 is 5.78 Å². The normalized spacial score (nSPS) is 11.8. The molecule has 0 amide bonds. The van der Waals surface area contributed by atoms with Crippen LogP contribution in [0.15, 0.2) is 72.8 Å². The molecule has 0 atom stereocenters. The Kier molecular flexibility index (Phi) is 8.19. The number of ketones is 1. The Bertz CT molecular complexity index is 1060. The first-order chi connectivity index (χ1) is 16.1. The van der Waals surface area contributed by atoms with E-state index in [1.807, 2.05) is 60.7 Å². The highest BCUT2D eigenvalue weighted by Crippen LogP contribution is 2.30. The molecule has 3 aromatic carbocycles. The van der Waals surface area contributed by atoms with Crippen molar-refractivity contribution in [2.24, 2.45) is 0 Å². The predicted octanol–water partition coefficient (Wildman–Crippen LogP) is 8.75. The molecule has 3 rings (SSSR count). The van der Waals surface area contributed by atoms with E-state index in [9.17, 15) is 4.79 Å². The summed E-state index contributed by atoms with van der Waals surface area (Å²) < 4.78 is 12.0. The van der Waals surface area contributed by atoms with Crippen LogP contribution in [0, 0.1) is 0 Å². The molecule has 34 heavy (non-hydrogen) atoms. The van der Waals surface area contributed by atoms with Crippen molar-refractivity contribution in [3.05, 3.63) is 89.5 Å². The summed E-state index contributed by atoms with van der Waals surface area (Å²) in [5, 5.41) is 0. The van der Waals surface area contributed by atoms with Crippen molar-refractivity contribution in [2.45, 2.75) is 78.2 Å². The molecule has 180 valence electrons. The summed E-state index contributed by atoms with van der Waals surface area (Å²) in [6.45, 7) is 13.1. The molecule has 0 fully saturated rings. The zero-order valence-corrected chi connectivity index (χ0v) is 21.5. The fourth-order valence-electron chi connectivity index (χ4n) is 4.37. The van der Waals surface area contributed by atoms with Gasteiger partial charge in [0, 0.05) is 11.1 Å². The van der Waals surface area contributed by atoms with E-state index >= 15 is 0 Å². The van der Waals surface area contributed by atoms with Crippen LogP contribution < -0.4 is 9.47 Å². The summed E-state index contributed by atoms with van der Waals surface area (Å²) in [4.78, 5) is 12.9. The summed E-state index contributed by atoms with van der Waals surface area (Å²) in [6.07, 6.45) is 4.33. The molecule has 3 nitrogen and oxygen atoms in total. The van der Waals surface area contributed by atoms with Gasteiger partial charge in [-0.25, -0.2) is 0 Å². The highest BCUT2D eigenvalue weighted by Gasteiger charge is 2.20. The number of hydrogen-bond acceptors (Lipinski definition) is 3. The van der Waals surface area contributed by atoms with E-state index in [2.05, 4.69) is 53.7 Å². The van der Waals surface area contributed by atoms with Gasteiger partial charge < -0.3 is 9.47 Å². The van der Waals surface area contributed by atoms with E-state index in [-0.39, 0.29) is 16.8 Å². The smallest absolute Gasteiger partial charge is 0.193 e. The average molecular weight is 459 g/mol. The summed E-state index contributed by atoms with van der Waals surface area (Å²) in [7, 11) is 0. The molecule has 3 heteroatoms. The summed E-state index contributed by atoms with van der Waals surface area (Å²) in [5.41, 5.74) is 2.54. The fourth-order valence-corrected chi connectivity index (χ4v) is 4.37. The van der Waals surface area contributed by atoms with Crippen molar-refractivity contribution in [1.29, 1.82) is 0 Å². The van der Waals surface area contributed by atoms with Gasteiger partial charge in [0.1, 0.15) is 22.8 Å². The minimum absolute atomic E-state index is 0.0163. The van der Waals surface area contributed by atoms with E-state index in [0.29, 0.717) is 16.9 Å². The molecule has 0 saturated carbocycles. The third kappa shape index (κ3) is 6.72. The van der Waals surface area contributed by atoms with Crippen LogP contribution >= 0.6 is 0 Å². The average Bonchev–Trinajstić information content (AvgIpc) is 2.80. The molecule has 0 aliphatic rings. The van der Waals surface area contributed by atoms with E-state index in [0.717, 1.165) is 37.2 Å². The molecule has 0 aliphatic heterocycles. The Balaban J connectivity index is 1.63. The van der Waals surface area contributed by atoms with Gasteiger partial charge in [-0.15, -0.1) is 0 Å². The van der Waals surface area contributed by atoms with Gasteiger partial charge in [0.15, 0.2) is 5.78 Å². The fraction of sp³-hybridized carbons (Fsp3) is 0.387. The number of carbonyl (C=O) groups is 1. The number of carbonyl (C=O) groups excluding carboxylic acids is 1. The molecule has 0 unspecified atom stereocenters.